The first kappa shape index (κ1) is 8.40. The van der Waals surface area contributed by atoms with Gasteiger partial charge in [0.25, 0.3) is 0 Å². The van der Waals surface area contributed by atoms with Crippen LogP contribution < -0.4 is 5.43 Å². The third-order valence-electron chi connectivity index (χ3n) is 1.55. The number of aromatic nitrogens is 1. The van der Waals surface area contributed by atoms with Gasteiger partial charge in [-0.05, 0) is 5.92 Å². The van der Waals surface area contributed by atoms with Crippen molar-refractivity contribution in [2.75, 3.05) is 0 Å². The van der Waals surface area contributed by atoms with E-state index >= 15 is 0 Å². The fraction of sp³-hybridized carbons (Fsp3) is 0.375. The Morgan fingerprint density at radius 1 is 1.55 bits per heavy atom. The van der Waals surface area contributed by atoms with Crippen LogP contribution in [0.5, 0.6) is 0 Å². The van der Waals surface area contributed by atoms with Crippen LogP contribution in [0.25, 0.3) is 0 Å². The van der Waals surface area contributed by atoms with Crippen LogP contribution in [0.15, 0.2) is 22.1 Å². The summed E-state index contributed by atoms with van der Waals surface area (Å²) in [7, 11) is 0. The maximum Gasteiger partial charge on any atom is 0.186 e. The SMILES string of the molecule is CC(C)c1c[nH]c(S)cc1=O. The molecule has 11 heavy (non-hydrogen) atoms. The molecule has 0 atom stereocenters. The second-order valence-corrected chi connectivity index (χ2v) is 3.27. The Kier molecular flexibility index (Phi) is 2.39. The van der Waals surface area contributed by atoms with E-state index in [0.29, 0.717) is 5.03 Å². The standard InChI is InChI=1S/C8H11NOS/c1-5(2)6-4-9-8(11)3-7(6)10/h3-5H,1-2H3,(H2,9,10,11). The molecular formula is C8H11NOS. The zero-order valence-corrected chi connectivity index (χ0v) is 7.48. The fourth-order valence-electron chi connectivity index (χ4n) is 0.923. The predicted octanol–water partition coefficient (Wildman–Crippen LogP) is 1.79. The Labute approximate surface area is 71.1 Å². The first-order valence-electron chi connectivity index (χ1n) is 3.53. The molecule has 1 heterocycles. The van der Waals surface area contributed by atoms with Gasteiger partial charge < -0.3 is 4.98 Å². The van der Waals surface area contributed by atoms with E-state index < -0.39 is 0 Å². The van der Waals surface area contributed by atoms with Crippen molar-refractivity contribution in [2.45, 2.75) is 24.8 Å². The molecular weight excluding hydrogens is 158 g/mol. The lowest BCUT2D eigenvalue weighted by Crippen LogP contribution is -2.09. The summed E-state index contributed by atoms with van der Waals surface area (Å²) in [5, 5.41) is 0.611. The van der Waals surface area contributed by atoms with Crippen molar-refractivity contribution in [3.8, 4) is 0 Å². The molecule has 2 nitrogen and oxygen atoms in total. The van der Waals surface area contributed by atoms with Crippen LogP contribution in [0.3, 0.4) is 0 Å². The van der Waals surface area contributed by atoms with Crippen molar-refractivity contribution in [3.05, 3.63) is 28.0 Å². The molecule has 0 bridgehead atoms. The van der Waals surface area contributed by atoms with Gasteiger partial charge >= 0.3 is 0 Å². The van der Waals surface area contributed by atoms with Gasteiger partial charge in [0, 0.05) is 17.8 Å². The zero-order chi connectivity index (χ0) is 8.43. The second kappa shape index (κ2) is 3.13. The molecule has 0 aliphatic carbocycles. The minimum Gasteiger partial charge on any atom is -0.356 e. The summed E-state index contributed by atoms with van der Waals surface area (Å²) in [5.41, 5.74) is 0.867. The number of rotatable bonds is 1. The number of pyridine rings is 1. The summed E-state index contributed by atoms with van der Waals surface area (Å²) in [6.45, 7) is 3.98. The summed E-state index contributed by atoms with van der Waals surface area (Å²) >= 11 is 4.01. The van der Waals surface area contributed by atoms with Crippen molar-refractivity contribution in [1.82, 2.24) is 4.98 Å². The monoisotopic (exact) mass is 169 g/mol. The van der Waals surface area contributed by atoms with E-state index in [1.54, 1.807) is 6.20 Å². The molecule has 60 valence electrons. The van der Waals surface area contributed by atoms with E-state index in [1.807, 2.05) is 13.8 Å². The van der Waals surface area contributed by atoms with E-state index in [0.717, 1.165) is 5.56 Å². The quantitative estimate of drug-likeness (QED) is 0.617. The minimum absolute atomic E-state index is 0.0590. The molecule has 0 spiro atoms. The first-order chi connectivity index (χ1) is 5.11. The summed E-state index contributed by atoms with van der Waals surface area (Å²) < 4.78 is 0. The van der Waals surface area contributed by atoms with Gasteiger partial charge in [0.2, 0.25) is 0 Å². The Bertz CT molecular complexity index is 303. The van der Waals surface area contributed by atoms with Crippen molar-refractivity contribution in [3.63, 3.8) is 0 Å². The van der Waals surface area contributed by atoms with Crippen LogP contribution in [0, 0.1) is 0 Å². The summed E-state index contributed by atoms with van der Waals surface area (Å²) in [6.07, 6.45) is 1.72. The Hall–Kier alpha value is -0.700. The molecule has 0 fully saturated rings. The van der Waals surface area contributed by atoms with Gasteiger partial charge in [-0.25, -0.2) is 0 Å². The summed E-state index contributed by atoms with van der Waals surface area (Å²) in [6, 6.07) is 1.50. The highest BCUT2D eigenvalue weighted by Gasteiger charge is 2.02. The Morgan fingerprint density at radius 2 is 2.18 bits per heavy atom. The van der Waals surface area contributed by atoms with Gasteiger partial charge in [-0.15, -0.1) is 12.6 Å². The number of H-pyrrole nitrogens is 1. The zero-order valence-electron chi connectivity index (χ0n) is 6.59. The number of aromatic amines is 1. The van der Waals surface area contributed by atoms with Gasteiger partial charge in [-0.1, -0.05) is 13.8 Å². The van der Waals surface area contributed by atoms with E-state index in [9.17, 15) is 4.79 Å². The maximum atomic E-state index is 11.2. The molecule has 1 N–H and O–H groups in total. The van der Waals surface area contributed by atoms with E-state index in [2.05, 4.69) is 17.6 Å². The number of hydrogen-bond donors (Lipinski definition) is 2. The fourth-order valence-corrected chi connectivity index (χ4v) is 1.10. The molecule has 0 saturated carbocycles. The molecule has 0 aromatic carbocycles. The Morgan fingerprint density at radius 3 is 2.64 bits per heavy atom. The maximum absolute atomic E-state index is 11.2. The van der Waals surface area contributed by atoms with Gasteiger partial charge in [-0.2, -0.15) is 0 Å². The first-order valence-corrected chi connectivity index (χ1v) is 3.97. The van der Waals surface area contributed by atoms with Crippen molar-refractivity contribution in [1.29, 1.82) is 0 Å². The molecule has 0 radical (unpaired) electrons. The third-order valence-corrected chi connectivity index (χ3v) is 1.81. The highest BCUT2D eigenvalue weighted by Crippen LogP contribution is 2.08. The highest BCUT2D eigenvalue weighted by molar-refractivity contribution is 7.80. The smallest absolute Gasteiger partial charge is 0.186 e. The van der Waals surface area contributed by atoms with Crippen LogP contribution in [0.1, 0.15) is 25.3 Å². The molecule has 0 aliphatic rings. The van der Waals surface area contributed by atoms with Crippen molar-refractivity contribution in [2.24, 2.45) is 0 Å². The lowest BCUT2D eigenvalue weighted by atomic mass is 10.1. The van der Waals surface area contributed by atoms with Crippen molar-refractivity contribution >= 4 is 12.6 Å². The summed E-state index contributed by atoms with van der Waals surface area (Å²) in [4.78, 5) is 14.1. The average molecular weight is 169 g/mol. The van der Waals surface area contributed by atoms with E-state index in [1.165, 1.54) is 6.07 Å². The molecule has 1 aromatic rings. The number of thiol groups is 1. The Balaban J connectivity index is 3.21. The van der Waals surface area contributed by atoms with Crippen LogP contribution in [-0.4, -0.2) is 4.98 Å². The average Bonchev–Trinajstić information content (AvgIpc) is 1.85. The van der Waals surface area contributed by atoms with Gasteiger partial charge in [0.15, 0.2) is 5.43 Å². The van der Waals surface area contributed by atoms with E-state index in [-0.39, 0.29) is 11.3 Å². The lowest BCUT2D eigenvalue weighted by molar-refractivity contribution is 0.839. The normalized spacial score (nSPS) is 10.5. The molecule has 0 aliphatic heterocycles. The van der Waals surface area contributed by atoms with E-state index in [4.69, 9.17) is 0 Å². The minimum atomic E-state index is 0.0590. The highest BCUT2D eigenvalue weighted by atomic mass is 32.1. The molecule has 1 aromatic heterocycles. The van der Waals surface area contributed by atoms with Crippen LogP contribution in [0.2, 0.25) is 0 Å². The van der Waals surface area contributed by atoms with Crippen molar-refractivity contribution < 1.29 is 0 Å². The second-order valence-electron chi connectivity index (χ2n) is 2.79. The predicted molar refractivity (Wildman–Crippen MR) is 48.4 cm³/mol. The van der Waals surface area contributed by atoms with Crippen LogP contribution in [-0.2, 0) is 0 Å². The molecule has 3 heteroatoms. The topological polar surface area (TPSA) is 32.9 Å². The molecule has 0 saturated heterocycles. The van der Waals surface area contributed by atoms with Crippen LogP contribution in [0.4, 0.5) is 0 Å². The van der Waals surface area contributed by atoms with Gasteiger partial charge in [-0.3, -0.25) is 4.79 Å². The molecule has 0 amide bonds. The summed E-state index contributed by atoms with van der Waals surface area (Å²) in [5.74, 6) is 0.271. The largest absolute Gasteiger partial charge is 0.356 e. The molecule has 0 unspecified atom stereocenters. The number of hydrogen-bond acceptors (Lipinski definition) is 2. The number of nitrogens with one attached hydrogen (secondary N) is 1. The lowest BCUT2D eigenvalue weighted by Gasteiger charge is -2.02. The third kappa shape index (κ3) is 1.87. The molecule has 1 rings (SSSR count). The van der Waals surface area contributed by atoms with Gasteiger partial charge in [0.05, 0.1) is 5.03 Å². The van der Waals surface area contributed by atoms with Crippen LogP contribution >= 0.6 is 12.6 Å². The van der Waals surface area contributed by atoms with Gasteiger partial charge in [0.1, 0.15) is 0 Å².